The Hall–Kier alpha value is -1.66. The Bertz CT molecular complexity index is 827. The molecule has 0 aromatic heterocycles. The molecular formula is C31H51NO5. The number of ether oxygens (including phenoxy) is 1. The number of allylic oxidation sites excluding steroid dienone is 3. The summed E-state index contributed by atoms with van der Waals surface area (Å²) in [4.78, 5) is 25.3. The summed E-state index contributed by atoms with van der Waals surface area (Å²) < 4.78 is 6.18. The molecular weight excluding hydrogens is 466 g/mol. The van der Waals surface area contributed by atoms with Crippen LogP contribution < -0.4 is 5.32 Å². The van der Waals surface area contributed by atoms with Gasteiger partial charge >= 0.3 is 5.97 Å². The Morgan fingerprint density at radius 1 is 1.14 bits per heavy atom. The van der Waals surface area contributed by atoms with E-state index in [0.29, 0.717) is 18.3 Å². The van der Waals surface area contributed by atoms with Crippen LogP contribution in [-0.2, 0) is 14.3 Å². The number of aliphatic hydroxyl groups excluding tert-OH is 2. The summed E-state index contributed by atoms with van der Waals surface area (Å²) in [6, 6.07) is 0.227. The standard InChI is InChI=1S/C31H51NO5/c1-6-31(4,5)30(36)37-27-17-20(2)16-22-13-12-21(3)26(29(22)27)15-14-24(33)18-25(34)19-28(35)32-23-10-8-7-9-11-23/h12-13,16,20-21,23-27,29,33-34H,6-11,14-15,17-19H2,1-5H3,(H,32,35)/t20-,21-,24+,25+,26-,27-,29?/m0/s1. The monoisotopic (exact) mass is 517 g/mol. The molecule has 1 unspecified atom stereocenters. The number of rotatable bonds is 11. The first kappa shape index (κ1) is 29.9. The molecule has 0 saturated heterocycles. The highest BCUT2D eigenvalue weighted by Crippen LogP contribution is 2.45. The van der Waals surface area contributed by atoms with Crippen molar-refractivity contribution in [3.63, 3.8) is 0 Å². The van der Waals surface area contributed by atoms with E-state index >= 15 is 0 Å². The van der Waals surface area contributed by atoms with E-state index in [9.17, 15) is 19.8 Å². The maximum Gasteiger partial charge on any atom is 0.311 e. The van der Waals surface area contributed by atoms with Gasteiger partial charge in [-0.15, -0.1) is 0 Å². The first-order valence-electron chi connectivity index (χ1n) is 14.8. The van der Waals surface area contributed by atoms with Gasteiger partial charge in [-0.05, 0) is 82.1 Å². The number of hydrogen-bond donors (Lipinski definition) is 3. The van der Waals surface area contributed by atoms with Crippen molar-refractivity contribution in [2.24, 2.45) is 29.1 Å². The van der Waals surface area contributed by atoms with Crippen molar-refractivity contribution in [2.45, 2.75) is 130 Å². The van der Waals surface area contributed by atoms with E-state index < -0.39 is 17.6 Å². The predicted octanol–water partition coefficient (Wildman–Crippen LogP) is 5.47. The van der Waals surface area contributed by atoms with Crippen molar-refractivity contribution >= 4 is 11.9 Å². The molecule has 3 N–H and O–H groups in total. The molecule has 210 valence electrons. The molecule has 0 aromatic rings. The highest BCUT2D eigenvalue weighted by Gasteiger charge is 2.42. The van der Waals surface area contributed by atoms with Crippen molar-refractivity contribution in [1.82, 2.24) is 5.32 Å². The van der Waals surface area contributed by atoms with Gasteiger partial charge in [0.05, 0.1) is 24.0 Å². The summed E-state index contributed by atoms with van der Waals surface area (Å²) in [5, 5.41) is 24.3. The fourth-order valence-corrected chi connectivity index (χ4v) is 6.31. The van der Waals surface area contributed by atoms with Crippen molar-refractivity contribution in [3.8, 4) is 0 Å². The van der Waals surface area contributed by atoms with Gasteiger partial charge in [-0.2, -0.15) is 0 Å². The van der Waals surface area contributed by atoms with Crippen LogP contribution in [0.25, 0.3) is 0 Å². The lowest BCUT2D eigenvalue weighted by Gasteiger charge is -2.44. The summed E-state index contributed by atoms with van der Waals surface area (Å²) in [5.41, 5.74) is 0.731. The molecule has 6 heteroatoms. The number of esters is 1. The van der Waals surface area contributed by atoms with E-state index in [1.165, 1.54) is 12.0 Å². The van der Waals surface area contributed by atoms with E-state index in [0.717, 1.165) is 44.9 Å². The van der Waals surface area contributed by atoms with Gasteiger partial charge in [0.25, 0.3) is 0 Å². The van der Waals surface area contributed by atoms with Crippen LogP contribution in [-0.4, -0.2) is 46.4 Å². The van der Waals surface area contributed by atoms with Gasteiger partial charge < -0.3 is 20.3 Å². The molecule has 1 amide bonds. The van der Waals surface area contributed by atoms with Crippen LogP contribution in [0.5, 0.6) is 0 Å². The molecule has 0 radical (unpaired) electrons. The molecule has 0 heterocycles. The number of carbonyl (C=O) groups excluding carboxylic acids is 2. The molecule has 1 saturated carbocycles. The fourth-order valence-electron chi connectivity index (χ4n) is 6.31. The van der Waals surface area contributed by atoms with E-state index in [1.807, 2.05) is 20.8 Å². The first-order valence-corrected chi connectivity index (χ1v) is 14.8. The zero-order chi connectivity index (χ0) is 27.2. The molecule has 1 fully saturated rings. The molecule has 0 aliphatic heterocycles. The Morgan fingerprint density at radius 3 is 2.51 bits per heavy atom. The summed E-state index contributed by atoms with van der Waals surface area (Å²) in [7, 11) is 0. The minimum absolute atomic E-state index is 0.0365. The number of aliphatic hydroxyl groups is 2. The second kappa shape index (κ2) is 13.4. The lowest BCUT2D eigenvalue weighted by atomic mass is 9.65. The predicted molar refractivity (Wildman–Crippen MR) is 147 cm³/mol. The Labute approximate surface area is 224 Å². The normalized spacial score (nSPS) is 30.1. The van der Waals surface area contributed by atoms with E-state index in [1.54, 1.807) is 0 Å². The molecule has 3 aliphatic carbocycles. The van der Waals surface area contributed by atoms with Crippen LogP contribution in [0.1, 0.15) is 105 Å². The van der Waals surface area contributed by atoms with Crippen LogP contribution in [0.2, 0.25) is 0 Å². The largest absolute Gasteiger partial charge is 0.461 e. The fraction of sp³-hybridized carbons (Fsp3) is 0.806. The van der Waals surface area contributed by atoms with Crippen LogP contribution in [0.3, 0.4) is 0 Å². The van der Waals surface area contributed by atoms with Crippen LogP contribution in [0.4, 0.5) is 0 Å². The molecule has 0 aromatic carbocycles. The third kappa shape index (κ3) is 8.41. The number of amides is 1. The highest BCUT2D eigenvalue weighted by molar-refractivity contribution is 5.77. The quantitative estimate of drug-likeness (QED) is 0.316. The van der Waals surface area contributed by atoms with Crippen LogP contribution in [0, 0.1) is 29.1 Å². The molecule has 37 heavy (non-hydrogen) atoms. The van der Waals surface area contributed by atoms with Gasteiger partial charge in [0.2, 0.25) is 5.91 Å². The zero-order valence-corrected chi connectivity index (χ0v) is 23.7. The minimum atomic E-state index is -0.849. The van der Waals surface area contributed by atoms with E-state index in [-0.39, 0.29) is 48.7 Å². The number of hydrogen-bond acceptors (Lipinski definition) is 5. The topological polar surface area (TPSA) is 95.9 Å². The van der Waals surface area contributed by atoms with Gasteiger partial charge in [-0.1, -0.05) is 58.3 Å². The maximum absolute atomic E-state index is 13.0. The summed E-state index contributed by atoms with van der Waals surface area (Å²) in [5.74, 6) is 0.744. The van der Waals surface area contributed by atoms with Crippen molar-refractivity contribution in [2.75, 3.05) is 0 Å². The van der Waals surface area contributed by atoms with Gasteiger partial charge in [-0.3, -0.25) is 9.59 Å². The summed E-state index contributed by atoms with van der Waals surface area (Å²) in [6.45, 7) is 10.3. The van der Waals surface area contributed by atoms with Gasteiger partial charge in [0.15, 0.2) is 0 Å². The van der Waals surface area contributed by atoms with Crippen molar-refractivity contribution in [1.29, 1.82) is 0 Å². The number of fused-ring (bicyclic) bond motifs is 1. The lowest BCUT2D eigenvalue weighted by molar-refractivity contribution is -0.164. The van der Waals surface area contributed by atoms with Gasteiger partial charge in [0, 0.05) is 12.0 Å². The average Bonchev–Trinajstić information content (AvgIpc) is 2.83. The Kier molecular flexibility index (Phi) is 10.8. The third-order valence-electron chi connectivity index (χ3n) is 9.06. The summed E-state index contributed by atoms with van der Waals surface area (Å²) in [6.07, 6.45) is 13.7. The second-order valence-electron chi connectivity index (χ2n) is 12.7. The van der Waals surface area contributed by atoms with Crippen molar-refractivity contribution < 1.29 is 24.5 Å². The third-order valence-corrected chi connectivity index (χ3v) is 9.06. The van der Waals surface area contributed by atoms with Gasteiger partial charge in [-0.25, -0.2) is 0 Å². The van der Waals surface area contributed by atoms with E-state index in [4.69, 9.17) is 4.74 Å². The highest BCUT2D eigenvalue weighted by atomic mass is 16.5. The van der Waals surface area contributed by atoms with Crippen LogP contribution >= 0.6 is 0 Å². The first-order chi connectivity index (χ1) is 17.5. The molecule has 0 spiro atoms. The Morgan fingerprint density at radius 2 is 1.84 bits per heavy atom. The molecule has 0 bridgehead atoms. The van der Waals surface area contributed by atoms with Crippen LogP contribution in [0.15, 0.2) is 23.8 Å². The lowest BCUT2D eigenvalue weighted by Crippen LogP contribution is -2.43. The SMILES string of the molecule is CCC(C)(C)C(=O)O[C@H]1C[C@@H](C)C=C2C=C[C@H](C)[C@H](CC[C@@H](O)C[C@@H](O)CC(=O)NC3CCCCC3)C21. The maximum atomic E-state index is 13.0. The second-order valence-corrected chi connectivity index (χ2v) is 12.7. The molecule has 6 nitrogen and oxygen atoms in total. The molecule has 7 atom stereocenters. The average molecular weight is 518 g/mol. The van der Waals surface area contributed by atoms with Gasteiger partial charge in [0.1, 0.15) is 6.10 Å². The molecule has 3 aliphatic rings. The molecule has 3 rings (SSSR count). The smallest absolute Gasteiger partial charge is 0.311 e. The minimum Gasteiger partial charge on any atom is -0.461 e. The summed E-state index contributed by atoms with van der Waals surface area (Å²) >= 11 is 0. The zero-order valence-electron chi connectivity index (χ0n) is 23.7. The number of carbonyl (C=O) groups is 2. The Balaban J connectivity index is 1.56. The van der Waals surface area contributed by atoms with Crippen molar-refractivity contribution in [3.05, 3.63) is 23.8 Å². The number of nitrogens with one attached hydrogen (secondary N) is 1. The van der Waals surface area contributed by atoms with E-state index in [2.05, 4.69) is 37.4 Å².